The molecule has 13 heteroatoms. The van der Waals surface area contributed by atoms with Crippen LogP contribution in [-0.2, 0) is 11.0 Å². The van der Waals surface area contributed by atoms with Crippen molar-refractivity contribution in [1.82, 2.24) is 19.7 Å². The Labute approximate surface area is 233 Å². The summed E-state index contributed by atoms with van der Waals surface area (Å²) in [6.07, 6.45) is 0.588. The highest BCUT2D eigenvalue weighted by atomic mass is 35.5. The summed E-state index contributed by atoms with van der Waals surface area (Å²) in [6, 6.07) is -0.629. The number of carboxylic acid groups (broad SMARTS) is 1. The van der Waals surface area contributed by atoms with Crippen LogP contribution in [0.2, 0.25) is 10.0 Å². The Bertz CT molecular complexity index is 1280. The number of alkyl halides is 3. The van der Waals surface area contributed by atoms with Gasteiger partial charge in [0, 0.05) is 18.9 Å². The Morgan fingerprint density at radius 2 is 1.69 bits per heavy atom. The zero-order chi connectivity index (χ0) is 28.9. The van der Waals surface area contributed by atoms with Gasteiger partial charge in [0.05, 0.1) is 45.9 Å². The predicted molar refractivity (Wildman–Crippen MR) is 137 cm³/mol. The molecular weight excluding hydrogens is 560 g/mol. The molecule has 2 aliphatic carbocycles. The van der Waals surface area contributed by atoms with Gasteiger partial charge >= 0.3 is 12.1 Å². The zero-order valence-electron chi connectivity index (χ0n) is 21.7. The van der Waals surface area contributed by atoms with E-state index in [0.717, 1.165) is 15.8 Å². The van der Waals surface area contributed by atoms with E-state index in [0.29, 0.717) is 32.1 Å². The molecular formula is C26H29Cl2F3N4O4. The second-order valence-corrected chi connectivity index (χ2v) is 12.5. The summed E-state index contributed by atoms with van der Waals surface area (Å²) in [4.78, 5) is 43.0. The fourth-order valence-electron chi connectivity index (χ4n) is 5.62. The van der Waals surface area contributed by atoms with Crippen LogP contribution in [-0.4, -0.2) is 55.5 Å². The summed E-state index contributed by atoms with van der Waals surface area (Å²) in [5.41, 5.74) is -2.81. The zero-order valence-corrected chi connectivity index (χ0v) is 23.2. The summed E-state index contributed by atoms with van der Waals surface area (Å²) in [5, 5.41) is 13.2. The highest BCUT2D eigenvalue weighted by Crippen LogP contribution is 2.62. The molecule has 212 valence electrons. The third-order valence-electron chi connectivity index (χ3n) is 7.50. The van der Waals surface area contributed by atoms with Crippen molar-refractivity contribution in [3.8, 4) is 0 Å². The fourth-order valence-corrected chi connectivity index (χ4v) is 6.20. The second-order valence-electron chi connectivity index (χ2n) is 11.7. The number of pyridine rings is 1. The summed E-state index contributed by atoms with van der Waals surface area (Å²) in [5.74, 6) is -2.96. The minimum Gasteiger partial charge on any atom is -0.481 e. The maximum absolute atomic E-state index is 14.4. The first-order chi connectivity index (χ1) is 18.0. The van der Waals surface area contributed by atoms with E-state index in [4.69, 9.17) is 23.2 Å². The Hall–Kier alpha value is -2.66. The molecule has 0 unspecified atom stereocenters. The molecule has 2 saturated carbocycles. The number of carbonyl (C=O) groups is 3. The van der Waals surface area contributed by atoms with Crippen LogP contribution < -0.4 is 0 Å². The van der Waals surface area contributed by atoms with Crippen molar-refractivity contribution < 1.29 is 32.7 Å². The van der Waals surface area contributed by atoms with Crippen LogP contribution in [0.1, 0.15) is 85.3 Å². The van der Waals surface area contributed by atoms with Gasteiger partial charge in [0.1, 0.15) is 0 Å². The standard InChI is InChI=1S/C26H29Cl2F3N4O4/c1-24(2,3)13-34(12-19(36)20-17(27)10-32-11-18(20)28)22(37)15-9-33-35(21(15)26(29,30)31)14-4-6-25(7-5-14)8-16(25)23(38)39/h9-11,14,16H,4-8,12-13H2,1-3H3,(H,38,39)/t14-,16-,25-/m0/s1. The second kappa shape index (κ2) is 10.4. The topological polar surface area (TPSA) is 105 Å². The first kappa shape index (κ1) is 29.3. The van der Waals surface area contributed by atoms with Gasteiger partial charge in [0.2, 0.25) is 0 Å². The van der Waals surface area contributed by atoms with Gasteiger partial charge in [-0.2, -0.15) is 18.3 Å². The lowest BCUT2D eigenvalue weighted by Gasteiger charge is -2.31. The first-order valence-electron chi connectivity index (χ1n) is 12.5. The number of hydrogen-bond acceptors (Lipinski definition) is 5. The third-order valence-corrected chi connectivity index (χ3v) is 8.07. The summed E-state index contributed by atoms with van der Waals surface area (Å²) >= 11 is 12.2. The molecule has 2 aliphatic rings. The van der Waals surface area contributed by atoms with Crippen molar-refractivity contribution in [2.75, 3.05) is 13.1 Å². The number of Topliss-reactive ketones (excluding diaryl/α,β-unsaturated/α-hetero) is 1. The minimum absolute atomic E-state index is 0.0249. The molecule has 1 N–H and O–H groups in total. The number of carbonyl (C=O) groups excluding carboxylic acids is 2. The molecule has 0 radical (unpaired) electrons. The van der Waals surface area contributed by atoms with E-state index in [1.807, 2.05) is 0 Å². The number of carboxylic acids is 1. The molecule has 2 aromatic heterocycles. The molecule has 1 amide bonds. The number of ketones is 1. The Morgan fingerprint density at radius 1 is 1.10 bits per heavy atom. The van der Waals surface area contributed by atoms with E-state index >= 15 is 0 Å². The van der Waals surface area contributed by atoms with E-state index < -0.39 is 59.0 Å². The Morgan fingerprint density at radius 3 is 2.18 bits per heavy atom. The van der Waals surface area contributed by atoms with Gasteiger partial charge in [-0.25, -0.2) is 0 Å². The number of halogens is 5. The lowest BCUT2D eigenvalue weighted by molar-refractivity contribution is -0.145. The average molecular weight is 589 g/mol. The summed E-state index contributed by atoms with van der Waals surface area (Å²) in [6.45, 7) is 4.79. The number of hydrogen-bond donors (Lipinski definition) is 1. The molecule has 1 atom stereocenters. The Balaban J connectivity index is 1.63. The van der Waals surface area contributed by atoms with Crippen molar-refractivity contribution in [3.63, 3.8) is 0 Å². The van der Waals surface area contributed by atoms with Crippen LogP contribution in [0.3, 0.4) is 0 Å². The SMILES string of the molecule is CC(C)(C)CN(CC(=O)c1c(Cl)cncc1Cl)C(=O)c1cnn([C@H]2CC[C@]3(CC2)C[C@H]3C(=O)O)c1C(F)(F)F. The number of rotatable bonds is 7. The first-order valence-corrected chi connectivity index (χ1v) is 13.3. The molecule has 4 rings (SSSR count). The molecule has 0 aromatic carbocycles. The smallest absolute Gasteiger partial charge is 0.433 e. The molecule has 8 nitrogen and oxygen atoms in total. The van der Waals surface area contributed by atoms with Crippen LogP contribution in [0, 0.1) is 16.7 Å². The molecule has 0 aliphatic heterocycles. The Kier molecular flexibility index (Phi) is 7.81. The maximum Gasteiger partial charge on any atom is 0.433 e. The van der Waals surface area contributed by atoms with E-state index in [9.17, 15) is 32.7 Å². The number of aromatic nitrogens is 3. The van der Waals surface area contributed by atoms with Crippen LogP contribution in [0.15, 0.2) is 18.6 Å². The number of nitrogens with zero attached hydrogens (tertiary/aromatic N) is 4. The quantitative estimate of drug-likeness (QED) is 0.387. The largest absolute Gasteiger partial charge is 0.481 e. The van der Waals surface area contributed by atoms with E-state index in [1.54, 1.807) is 20.8 Å². The van der Waals surface area contributed by atoms with E-state index in [1.165, 1.54) is 12.4 Å². The van der Waals surface area contributed by atoms with Crippen molar-refractivity contribution in [2.24, 2.45) is 16.7 Å². The minimum atomic E-state index is -4.89. The van der Waals surface area contributed by atoms with Gasteiger partial charge in [-0.1, -0.05) is 44.0 Å². The van der Waals surface area contributed by atoms with Crippen molar-refractivity contribution in [3.05, 3.63) is 45.5 Å². The molecule has 39 heavy (non-hydrogen) atoms. The monoisotopic (exact) mass is 588 g/mol. The van der Waals surface area contributed by atoms with E-state index in [2.05, 4.69) is 10.1 Å². The van der Waals surface area contributed by atoms with Crippen LogP contribution in [0.5, 0.6) is 0 Å². The predicted octanol–water partition coefficient (Wildman–Crippen LogP) is 6.18. The molecule has 0 bridgehead atoms. The number of aliphatic carboxylic acids is 1. The average Bonchev–Trinajstić information content (AvgIpc) is 3.31. The fraction of sp³-hybridized carbons (Fsp3) is 0.577. The molecule has 2 aromatic rings. The lowest BCUT2D eigenvalue weighted by atomic mass is 9.81. The molecule has 2 heterocycles. The van der Waals surface area contributed by atoms with Gasteiger partial charge in [0.25, 0.3) is 5.91 Å². The molecule has 0 saturated heterocycles. The van der Waals surface area contributed by atoms with Gasteiger partial charge < -0.3 is 10.0 Å². The molecule has 1 spiro atoms. The van der Waals surface area contributed by atoms with Crippen LogP contribution in [0.25, 0.3) is 0 Å². The summed E-state index contributed by atoms with van der Waals surface area (Å²) in [7, 11) is 0. The number of amides is 1. The highest BCUT2D eigenvalue weighted by Gasteiger charge is 2.59. The maximum atomic E-state index is 14.4. The summed E-state index contributed by atoms with van der Waals surface area (Å²) < 4.78 is 44.1. The van der Waals surface area contributed by atoms with E-state index in [-0.39, 0.29) is 27.6 Å². The lowest BCUT2D eigenvalue weighted by Crippen LogP contribution is -2.42. The van der Waals surface area contributed by atoms with Crippen molar-refractivity contribution in [2.45, 2.75) is 65.1 Å². The van der Waals surface area contributed by atoms with Crippen molar-refractivity contribution in [1.29, 1.82) is 0 Å². The van der Waals surface area contributed by atoms with Crippen LogP contribution >= 0.6 is 23.2 Å². The van der Waals surface area contributed by atoms with Crippen molar-refractivity contribution >= 4 is 40.9 Å². The van der Waals surface area contributed by atoms with Gasteiger partial charge in [-0.3, -0.25) is 24.0 Å². The third kappa shape index (κ3) is 6.09. The van der Waals surface area contributed by atoms with Crippen LogP contribution in [0.4, 0.5) is 13.2 Å². The van der Waals surface area contributed by atoms with Gasteiger partial charge in [-0.05, 0) is 42.9 Å². The molecule has 2 fully saturated rings. The van der Waals surface area contributed by atoms with Gasteiger partial charge in [-0.15, -0.1) is 0 Å². The van der Waals surface area contributed by atoms with Gasteiger partial charge in [0.15, 0.2) is 11.5 Å². The highest BCUT2D eigenvalue weighted by molar-refractivity contribution is 6.39. The normalized spacial score (nSPS) is 23.1.